The molecular weight excluding hydrogens is 440 g/mol. The van der Waals surface area contributed by atoms with Gasteiger partial charge in [-0.3, -0.25) is 4.79 Å². The summed E-state index contributed by atoms with van der Waals surface area (Å²) >= 11 is 0. The van der Waals surface area contributed by atoms with E-state index in [4.69, 9.17) is 4.74 Å². The Labute approximate surface area is 186 Å². The summed E-state index contributed by atoms with van der Waals surface area (Å²) in [6.45, 7) is 3.93. The van der Waals surface area contributed by atoms with Crippen LogP contribution in [0.4, 0.5) is 20.2 Å². The molecule has 1 N–H and O–H groups in total. The zero-order valence-electron chi connectivity index (χ0n) is 17.7. The van der Waals surface area contributed by atoms with Crippen LogP contribution in [0.5, 0.6) is 0 Å². The molecule has 0 saturated carbocycles. The lowest BCUT2D eigenvalue weighted by molar-refractivity contribution is 0.0730. The molecule has 2 aromatic carbocycles. The zero-order chi connectivity index (χ0) is 22.9. The number of carbonyl (C=O) groups is 1. The third kappa shape index (κ3) is 4.48. The highest BCUT2D eigenvalue weighted by Gasteiger charge is 2.28. The van der Waals surface area contributed by atoms with E-state index < -0.39 is 27.6 Å². The number of benzene rings is 2. The van der Waals surface area contributed by atoms with E-state index in [0.717, 1.165) is 25.0 Å². The molecular formula is C22H25F2N3O4S. The summed E-state index contributed by atoms with van der Waals surface area (Å²) in [4.78, 5) is 14.5. The number of hydrogen-bond acceptors (Lipinski definition) is 5. The summed E-state index contributed by atoms with van der Waals surface area (Å²) in [5.41, 5.74) is 0.533. The van der Waals surface area contributed by atoms with Gasteiger partial charge in [-0.1, -0.05) is 6.07 Å². The summed E-state index contributed by atoms with van der Waals surface area (Å²) in [6.07, 6.45) is 1.75. The predicted octanol–water partition coefficient (Wildman–Crippen LogP) is 3.15. The van der Waals surface area contributed by atoms with Crippen molar-refractivity contribution >= 4 is 27.3 Å². The average Bonchev–Trinajstić information content (AvgIpc) is 3.28. The maximum atomic E-state index is 14.6. The first-order chi connectivity index (χ1) is 15.3. The fourth-order valence-corrected chi connectivity index (χ4v) is 5.46. The highest BCUT2D eigenvalue weighted by Crippen LogP contribution is 2.30. The Morgan fingerprint density at radius 3 is 2.25 bits per heavy atom. The van der Waals surface area contributed by atoms with E-state index in [-0.39, 0.29) is 34.9 Å². The van der Waals surface area contributed by atoms with Gasteiger partial charge in [-0.15, -0.1) is 0 Å². The van der Waals surface area contributed by atoms with Crippen molar-refractivity contribution in [1.82, 2.24) is 4.31 Å². The maximum absolute atomic E-state index is 14.6. The molecule has 2 saturated heterocycles. The van der Waals surface area contributed by atoms with Gasteiger partial charge in [-0.2, -0.15) is 4.31 Å². The second-order valence-corrected chi connectivity index (χ2v) is 9.87. The van der Waals surface area contributed by atoms with Crippen LogP contribution in [-0.4, -0.2) is 58.0 Å². The second-order valence-electron chi connectivity index (χ2n) is 7.93. The van der Waals surface area contributed by atoms with Gasteiger partial charge in [0, 0.05) is 37.4 Å². The molecule has 2 fully saturated rings. The number of nitrogens with zero attached hydrogens (tertiary/aromatic N) is 2. The quantitative estimate of drug-likeness (QED) is 0.734. The molecule has 2 aliphatic heterocycles. The minimum absolute atomic E-state index is 0.0168. The summed E-state index contributed by atoms with van der Waals surface area (Å²) in [5.74, 6) is -2.14. The summed E-state index contributed by atoms with van der Waals surface area (Å²) in [7, 11) is -3.79. The van der Waals surface area contributed by atoms with Crippen LogP contribution in [0.1, 0.15) is 28.8 Å². The molecule has 32 heavy (non-hydrogen) atoms. The first-order valence-electron chi connectivity index (χ1n) is 10.5. The number of anilines is 2. The number of morpholine rings is 1. The van der Waals surface area contributed by atoms with Crippen molar-refractivity contribution in [2.45, 2.75) is 24.7 Å². The number of amides is 1. The molecule has 4 rings (SSSR count). The van der Waals surface area contributed by atoms with Gasteiger partial charge < -0.3 is 15.0 Å². The molecule has 0 bridgehead atoms. The van der Waals surface area contributed by atoms with Crippen LogP contribution < -0.4 is 10.2 Å². The minimum Gasteiger partial charge on any atom is -0.379 e. The van der Waals surface area contributed by atoms with Crippen molar-refractivity contribution in [3.05, 3.63) is 53.1 Å². The monoisotopic (exact) mass is 465 g/mol. The van der Waals surface area contributed by atoms with Gasteiger partial charge in [0.15, 0.2) is 11.6 Å². The second kappa shape index (κ2) is 9.13. The lowest BCUT2D eigenvalue weighted by atomic mass is 10.1. The summed E-state index contributed by atoms with van der Waals surface area (Å²) in [5, 5.41) is 2.49. The minimum atomic E-state index is -3.79. The molecule has 0 spiro atoms. The lowest BCUT2D eigenvalue weighted by Crippen LogP contribution is -2.40. The van der Waals surface area contributed by atoms with Gasteiger partial charge in [-0.05, 0) is 49.6 Å². The third-order valence-electron chi connectivity index (χ3n) is 5.76. The number of halogens is 2. The van der Waals surface area contributed by atoms with Crippen LogP contribution in [0, 0.1) is 18.6 Å². The number of sulfonamides is 1. The number of carbonyl (C=O) groups excluding carboxylic acids is 1. The molecule has 0 aromatic heterocycles. The van der Waals surface area contributed by atoms with E-state index in [0.29, 0.717) is 31.9 Å². The van der Waals surface area contributed by atoms with Crippen molar-refractivity contribution in [2.24, 2.45) is 0 Å². The van der Waals surface area contributed by atoms with Crippen LogP contribution >= 0.6 is 0 Å². The first-order valence-corrected chi connectivity index (χ1v) is 12.0. The van der Waals surface area contributed by atoms with Gasteiger partial charge in [0.2, 0.25) is 10.0 Å². The van der Waals surface area contributed by atoms with Crippen molar-refractivity contribution in [3.63, 3.8) is 0 Å². The van der Waals surface area contributed by atoms with Gasteiger partial charge >= 0.3 is 0 Å². The highest BCUT2D eigenvalue weighted by atomic mass is 32.2. The van der Waals surface area contributed by atoms with Crippen LogP contribution in [0.15, 0.2) is 35.2 Å². The summed E-state index contributed by atoms with van der Waals surface area (Å²) in [6, 6.07) is 6.44. The number of rotatable bonds is 5. The Balaban J connectivity index is 1.58. The van der Waals surface area contributed by atoms with Crippen LogP contribution in [-0.2, 0) is 14.8 Å². The smallest absolute Gasteiger partial charge is 0.255 e. The van der Waals surface area contributed by atoms with E-state index in [1.165, 1.54) is 16.4 Å². The van der Waals surface area contributed by atoms with Crippen molar-refractivity contribution in [3.8, 4) is 0 Å². The Morgan fingerprint density at radius 2 is 1.62 bits per heavy atom. The van der Waals surface area contributed by atoms with Gasteiger partial charge in [-0.25, -0.2) is 17.2 Å². The Bertz CT molecular complexity index is 1100. The maximum Gasteiger partial charge on any atom is 0.255 e. The fraction of sp³-hybridized carbons (Fsp3) is 0.409. The van der Waals surface area contributed by atoms with Gasteiger partial charge in [0.1, 0.15) is 5.69 Å². The molecule has 0 atom stereocenters. The molecule has 2 aromatic rings. The number of aryl methyl sites for hydroxylation is 1. The van der Waals surface area contributed by atoms with Crippen LogP contribution in [0.3, 0.4) is 0 Å². The molecule has 2 heterocycles. The topological polar surface area (TPSA) is 78.9 Å². The molecule has 172 valence electrons. The molecule has 10 heteroatoms. The number of nitrogens with one attached hydrogen (secondary N) is 1. The molecule has 0 radical (unpaired) electrons. The molecule has 7 nitrogen and oxygen atoms in total. The lowest BCUT2D eigenvalue weighted by Gasteiger charge is -2.26. The average molecular weight is 466 g/mol. The van der Waals surface area contributed by atoms with Crippen molar-refractivity contribution in [1.29, 1.82) is 0 Å². The van der Waals surface area contributed by atoms with E-state index in [2.05, 4.69) is 5.32 Å². The van der Waals surface area contributed by atoms with Crippen LogP contribution in [0.25, 0.3) is 0 Å². The van der Waals surface area contributed by atoms with E-state index in [1.54, 1.807) is 17.9 Å². The molecule has 1 amide bonds. The van der Waals surface area contributed by atoms with Crippen LogP contribution in [0.2, 0.25) is 0 Å². The molecule has 0 aliphatic carbocycles. The Kier molecular flexibility index (Phi) is 6.45. The SMILES string of the molecule is Cc1ccc(S(=O)(=O)N2CCOCC2)cc1C(=O)Nc1cc(F)c(N2CCCC2)c(F)c1. The van der Waals surface area contributed by atoms with Crippen molar-refractivity contribution in [2.75, 3.05) is 49.6 Å². The molecule has 2 aliphatic rings. The summed E-state index contributed by atoms with van der Waals surface area (Å²) < 4.78 is 61.5. The normalized spacial score (nSPS) is 17.5. The Morgan fingerprint density at radius 1 is 1.00 bits per heavy atom. The van der Waals surface area contributed by atoms with Crippen molar-refractivity contribution < 1.29 is 26.7 Å². The van der Waals surface area contributed by atoms with E-state index in [9.17, 15) is 22.0 Å². The zero-order valence-corrected chi connectivity index (χ0v) is 18.6. The first kappa shape index (κ1) is 22.6. The largest absolute Gasteiger partial charge is 0.379 e. The van der Waals surface area contributed by atoms with E-state index >= 15 is 0 Å². The van der Waals surface area contributed by atoms with E-state index in [1.807, 2.05) is 0 Å². The number of hydrogen-bond donors (Lipinski definition) is 1. The standard InChI is InChI=1S/C22H25F2N3O4S/c1-15-4-5-17(32(29,30)27-8-10-31-11-9-27)14-18(15)22(28)25-16-12-19(23)21(20(24)13-16)26-6-2-3-7-26/h4-5,12-14H,2-3,6-11H2,1H3,(H,25,28). The number of ether oxygens (including phenoxy) is 1. The Hall–Kier alpha value is -2.56. The van der Waals surface area contributed by atoms with Gasteiger partial charge in [0.05, 0.1) is 18.1 Å². The third-order valence-corrected chi connectivity index (χ3v) is 7.65. The fourth-order valence-electron chi connectivity index (χ4n) is 4.02. The van der Waals surface area contributed by atoms with Gasteiger partial charge in [0.25, 0.3) is 5.91 Å². The predicted molar refractivity (Wildman–Crippen MR) is 117 cm³/mol. The highest BCUT2D eigenvalue weighted by molar-refractivity contribution is 7.89. The molecule has 0 unspecified atom stereocenters.